The van der Waals surface area contributed by atoms with Crippen LogP contribution in [0.4, 0.5) is 23.8 Å². The maximum Gasteiger partial charge on any atom is 0.422 e. The summed E-state index contributed by atoms with van der Waals surface area (Å²) in [6, 6.07) is 1.93. The number of likely N-dealkylation sites (tertiary alicyclic amines) is 2. The highest BCUT2D eigenvalue weighted by Gasteiger charge is 2.48. The van der Waals surface area contributed by atoms with E-state index in [2.05, 4.69) is 37.3 Å². The zero-order valence-corrected chi connectivity index (χ0v) is 29.2. The third kappa shape index (κ3) is 8.80. The zero-order valence-electron chi connectivity index (χ0n) is 27.6. The first-order valence-electron chi connectivity index (χ1n) is 16.2. The molecule has 5 rings (SSSR count). The maximum absolute atomic E-state index is 13.3. The van der Waals surface area contributed by atoms with Crippen LogP contribution in [0.2, 0.25) is 0 Å². The predicted octanol–water partition coefficient (Wildman–Crippen LogP) is 6.69. The monoisotopic (exact) mass is 727 g/mol. The summed E-state index contributed by atoms with van der Waals surface area (Å²) in [5.41, 5.74) is 0.232. The molecule has 3 saturated heterocycles. The molecular weight excluding hydrogens is 683 g/mol. The molecule has 1 amide bonds. The van der Waals surface area contributed by atoms with Crippen LogP contribution in [0.15, 0.2) is 17.1 Å². The van der Waals surface area contributed by atoms with Crippen molar-refractivity contribution >= 4 is 44.8 Å². The van der Waals surface area contributed by atoms with Crippen molar-refractivity contribution in [3.8, 4) is 11.8 Å². The first-order chi connectivity index (χ1) is 22.2. The molecule has 10 nitrogen and oxygen atoms in total. The minimum atomic E-state index is -4.54. The number of fused-ring (bicyclic) bond motifs is 1. The normalized spacial score (nSPS) is 19.1. The number of carbonyl (C=O) groups is 1. The first-order valence-corrected chi connectivity index (χ1v) is 17.0. The van der Waals surface area contributed by atoms with E-state index in [0.717, 1.165) is 45.3 Å². The lowest BCUT2D eigenvalue weighted by Crippen LogP contribution is -2.62. The smallest absolute Gasteiger partial charge is 0.422 e. The van der Waals surface area contributed by atoms with Crippen LogP contribution in [0, 0.1) is 5.41 Å². The number of benzene rings is 1. The van der Waals surface area contributed by atoms with Gasteiger partial charge >= 0.3 is 18.3 Å². The Kier molecular flexibility index (Phi) is 10.8. The minimum Gasteiger partial charge on any atom is -0.481 e. The van der Waals surface area contributed by atoms with E-state index >= 15 is 0 Å². The fraction of sp³-hybridized carbons (Fsp3) is 0.667. The van der Waals surface area contributed by atoms with Gasteiger partial charge in [0.25, 0.3) is 0 Å². The number of alkyl halides is 3. The number of piperidine rings is 2. The van der Waals surface area contributed by atoms with Crippen LogP contribution in [0.1, 0.15) is 58.9 Å². The molecule has 0 aliphatic carbocycles. The van der Waals surface area contributed by atoms with Crippen LogP contribution in [-0.2, 0) is 9.47 Å². The van der Waals surface area contributed by atoms with Gasteiger partial charge in [0.15, 0.2) is 12.4 Å². The summed E-state index contributed by atoms with van der Waals surface area (Å²) in [6.07, 6.45) is -0.270. The fourth-order valence-corrected chi connectivity index (χ4v) is 6.97. The number of amides is 1. The molecule has 14 heteroatoms. The standard InChI is InChI=1S/C33H45BrF3N5O5/c1-6-22-18-24-26(27(25(22)34)45-21-33(35,36)37)38-29(46-23-8-12-40(13-9-23)16-17-44-7-2)39-28(24)41-14-10-32(11-15-41)19-42(20-32)30(43)47-31(3,4)5/h6,18,23H,1,7-17,19-21H2,2-5H3. The number of hydrogen-bond acceptors (Lipinski definition) is 9. The number of aromatic nitrogens is 2. The van der Waals surface area contributed by atoms with Crippen molar-refractivity contribution in [3.05, 3.63) is 22.7 Å². The van der Waals surface area contributed by atoms with Crippen LogP contribution in [0.3, 0.4) is 0 Å². The molecule has 0 unspecified atom stereocenters. The average molecular weight is 729 g/mol. The van der Waals surface area contributed by atoms with E-state index in [4.69, 9.17) is 23.9 Å². The van der Waals surface area contributed by atoms with E-state index in [-0.39, 0.29) is 34.9 Å². The van der Waals surface area contributed by atoms with E-state index in [1.165, 1.54) is 0 Å². The van der Waals surface area contributed by atoms with Gasteiger partial charge in [0.2, 0.25) is 0 Å². The second-order valence-electron chi connectivity index (χ2n) is 13.6. The van der Waals surface area contributed by atoms with Crippen molar-refractivity contribution in [2.75, 3.05) is 70.5 Å². The van der Waals surface area contributed by atoms with Gasteiger partial charge < -0.3 is 33.6 Å². The number of anilines is 1. The third-order valence-electron chi connectivity index (χ3n) is 8.86. The molecule has 260 valence electrons. The third-order valence-corrected chi connectivity index (χ3v) is 9.68. The molecule has 0 radical (unpaired) electrons. The number of halogens is 4. The number of carbonyl (C=O) groups excluding carboxylic acids is 1. The van der Waals surface area contributed by atoms with E-state index in [9.17, 15) is 18.0 Å². The Morgan fingerprint density at radius 3 is 2.40 bits per heavy atom. The average Bonchev–Trinajstić information content (AvgIpc) is 2.98. The molecule has 47 heavy (non-hydrogen) atoms. The molecule has 3 aliphatic heterocycles. The highest BCUT2D eigenvalue weighted by Crippen LogP contribution is 2.45. The van der Waals surface area contributed by atoms with Gasteiger partial charge in [-0.05, 0) is 80.9 Å². The van der Waals surface area contributed by atoms with Gasteiger partial charge in [0, 0.05) is 63.2 Å². The molecule has 3 aliphatic rings. The topological polar surface area (TPSA) is 89.5 Å². The molecular formula is C33H45BrF3N5O5. The van der Waals surface area contributed by atoms with Gasteiger partial charge in [0.1, 0.15) is 23.0 Å². The summed E-state index contributed by atoms with van der Waals surface area (Å²) in [5.74, 6) is 0.541. The Morgan fingerprint density at radius 2 is 1.81 bits per heavy atom. The van der Waals surface area contributed by atoms with Crippen LogP contribution in [-0.4, -0.2) is 109 Å². The van der Waals surface area contributed by atoms with Crippen molar-refractivity contribution in [2.45, 2.75) is 71.3 Å². The summed E-state index contributed by atoms with van der Waals surface area (Å²) in [5, 5.41) is 0.554. The highest BCUT2D eigenvalue weighted by atomic mass is 79.9. The molecule has 1 aromatic carbocycles. The van der Waals surface area contributed by atoms with Crippen molar-refractivity contribution in [2.24, 2.45) is 5.41 Å². The largest absolute Gasteiger partial charge is 0.481 e. The molecule has 2 aromatic rings. The lowest BCUT2D eigenvalue weighted by molar-refractivity contribution is -0.153. The summed E-state index contributed by atoms with van der Waals surface area (Å²) < 4.78 is 63.1. The van der Waals surface area contributed by atoms with E-state index in [1.807, 2.05) is 33.8 Å². The van der Waals surface area contributed by atoms with Crippen molar-refractivity contribution in [3.63, 3.8) is 0 Å². The molecule has 0 N–H and O–H groups in total. The summed E-state index contributed by atoms with van der Waals surface area (Å²) in [4.78, 5) is 28.3. The molecule has 0 atom stereocenters. The summed E-state index contributed by atoms with van der Waals surface area (Å²) >= 11 is 3.44. The number of nitrogens with zero attached hydrogens (tertiary/aromatic N) is 5. The van der Waals surface area contributed by atoms with Crippen LogP contribution < -0.4 is 14.4 Å². The van der Waals surface area contributed by atoms with Crippen LogP contribution in [0.25, 0.3) is 17.0 Å². The second-order valence-corrected chi connectivity index (χ2v) is 14.4. The van der Waals surface area contributed by atoms with E-state index < -0.39 is 18.4 Å². The fourth-order valence-electron chi connectivity index (χ4n) is 6.39. The molecule has 0 saturated carbocycles. The van der Waals surface area contributed by atoms with Crippen molar-refractivity contribution < 1.29 is 36.9 Å². The lowest BCUT2D eigenvalue weighted by atomic mass is 9.72. The van der Waals surface area contributed by atoms with Gasteiger partial charge in [-0.2, -0.15) is 23.1 Å². The van der Waals surface area contributed by atoms with Gasteiger partial charge in [-0.25, -0.2) is 4.79 Å². The maximum atomic E-state index is 13.3. The summed E-state index contributed by atoms with van der Waals surface area (Å²) in [6.45, 7) is 16.3. The predicted molar refractivity (Wildman–Crippen MR) is 177 cm³/mol. The van der Waals surface area contributed by atoms with E-state index in [0.29, 0.717) is 60.6 Å². The number of ether oxygens (including phenoxy) is 4. The Bertz CT molecular complexity index is 1430. The second kappa shape index (κ2) is 14.3. The lowest BCUT2D eigenvalue weighted by Gasteiger charge is -2.53. The Labute approximate surface area is 282 Å². The number of rotatable bonds is 10. The number of hydrogen-bond donors (Lipinski definition) is 0. The van der Waals surface area contributed by atoms with Crippen molar-refractivity contribution in [1.82, 2.24) is 19.8 Å². The zero-order chi connectivity index (χ0) is 34.0. The molecule has 4 heterocycles. The first kappa shape index (κ1) is 35.5. The summed E-state index contributed by atoms with van der Waals surface area (Å²) in [7, 11) is 0. The molecule has 3 fully saturated rings. The Hall–Kier alpha value is -2.84. The van der Waals surface area contributed by atoms with Crippen molar-refractivity contribution in [1.29, 1.82) is 0 Å². The Morgan fingerprint density at radius 1 is 1.13 bits per heavy atom. The van der Waals surface area contributed by atoms with Gasteiger partial charge in [-0.15, -0.1) is 0 Å². The van der Waals surface area contributed by atoms with Gasteiger partial charge in [-0.1, -0.05) is 12.7 Å². The molecule has 0 bridgehead atoms. The SMILES string of the molecule is C=Cc1cc2c(N3CCC4(CC3)CN(C(=O)OC(C)(C)C)C4)nc(OC3CCN(CCOCC)CC3)nc2c(OCC(F)(F)F)c1Br. The highest BCUT2D eigenvalue weighted by molar-refractivity contribution is 9.10. The molecule has 1 spiro atoms. The quantitative estimate of drug-likeness (QED) is 0.248. The van der Waals surface area contributed by atoms with Crippen LogP contribution in [0.5, 0.6) is 11.8 Å². The minimum absolute atomic E-state index is 0.0119. The van der Waals surface area contributed by atoms with Crippen LogP contribution >= 0.6 is 15.9 Å². The van der Waals surface area contributed by atoms with Gasteiger partial charge in [0.05, 0.1) is 11.1 Å². The Balaban J connectivity index is 1.39. The molecule has 1 aromatic heterocycles. The van der Waals surface area contributed by atoms with Gasteiger partial charge in [-0.3, -0.25) is 0 Å². The van der Waals surface area contributed by atoms with E-state index in [1.54, 1.807) is 11.0 Å².